The number of alkyl halides is 3. The van der Waals surface area contributed by atoms with E-state index in [2.05, 4.69) is 10.3 Å². The van der Waals surface area contributed by atoms with Crippen LogP contribution in [0.2, 0.25) is 0 Å². The molecule has 2 aliphatic rings. The molecule has 130 valence electrons. The summed E-state index contributed by atoms with van der Waals surface area (Å²) >= 11 is 0. The number of carbonyl (C=O) groups excluding carboxylic acids is 1. The monoisotopic (exact) mass is 346 g/mol. The van der Waals surface area contributed by atoms with Crippen LogP contribution in [0.15, 0.2) is 18.2 Å². The van der Waals surface area contributed by atoms with Gasteiger partial charge in [-0.3, -0.25) is 4.79 Å². The van der Waals surface area contributed by atoms with Crippen LogP contribution in [0.1, 0.15) is 46.5 Å². The maximum absolute atomic E-state index is 13.0. The molecule has 0 spiro atoms. The number of amides is 1. The van der Waals surface area contributed by atoms with Crippen molar-refractivity contribution >= 4 is 23.2 Å². The molecule has 0 unspecified atom stereocenters. The SMILES string of the molecule is Cc1c(C=C2C(=O)Nc3ccc(C(F)(F)F)cc32)[nH]c2c1CCCC2. The average molecular weight is 346 g/mol. The number of aromatic nitrogens is 1. The molecular formula is C19H17F3N2O. The van der Waals surface area contributed by atoms with Crippen molar-refractivity contribution in [3.63, 3.8) is 0 Å². The highest BCUT2D eigenvalue weighted by Crippen LogP contribution is 2.39. The predicted octanol–water partition coefficient (Wildman–Crippen LogP) is 4.71. The van der Waals surface area contributed by atoms with E-state index in [-0.39, 0.29) is 11.5 Å². The normalized spacial score (nSPS) is 18.2. The van der Waals surface area contributed by atoms with Crippen LogP contribution in [0.25, 0.3) is 11.6 Å². The number of hydrogen-bond donors (Lipinski definition) is 2. The van der Waals surface area contributed by atoms with E-state index in [4.69, 9.17) is 0 Å². The maximum atomic E-state index is 13.0. The Hall–Kier alpha value is -2.50. The van der Waals surface area contributed by atoms with E-state index in [1.807, 2.05) is 6.92 Å². The summed E-state index contributed by atoms with van der Waals surface area (Å²) in [6.07, 6.45) is 1.48. The van der Waals surface area contributed by atoms with Gasteiger partial charge in [0, 0.05) is 22.6 Å². The van der Waals surface area contributed by atoms with Crippen molar-refractivity contribution < 1.29 is 18.0 Å². The van der Waals surface area contributed by atoms with Crippen LogP contribution in [0.3, 0.4) is 0 Å². The van der Waals surface area contributed by atoms with Gasteiger partial charge in [-0.25, -0.2) is 0 Å². The minimum absolute atomic E-state index is 0.266. The largest absolute Gasteiger partial charge is 0.416 e. The number of H-pyrrole nitrogens is 1. The molecule has 6 heteroatoms. The Balaban J connectivity index is 1.81. The summed E-state index contributed by atoms with van der Waals surface area (Å²) in [6.45, 7) is 1.99. The minimum Gasteiger partial charge on any atom is -0.358 e. The van der Waals surface area contributed by atoms with Crippen LogP contribution in [0.4, 0.5) is 18.9 Å². The van der Waals surface area contributed by atoms with Crippen molar-refractivity contribution in [2.45, 2.75) is 38.8 Å². The molecule has 2 N–H and O–H groups in total. The zero-order chi connectivity index (χ0) is 17.8. The quantitative estimate of drug-likeness (QED) is 0.722. The number of hydrogen-bond acceptors (Lipinski definition) is 1. The fourth-order valence-corrected chi connectivity index (χ4v) is 3.67. The number of nitrogens with one attached hydrogen (secondary N) is 2. The third-order valence-electron chi connectivity index (χ3n) is 5.03. The van der Waals surface area contributed by atoms with E-state index in [1.54, 1.807) is 6.08 Å². The topological polar surface area (TPSA) is 44.9 Å². The molecule has 1 amide bonds. The van der Waals surface area contributed by atoms with E-state index in [0.717, 1.165) is 49.1 Å². The lowest BCUT2D eigenvalue weighted by Crippen LogP contribution is -2.04. The molecule has 4 rings (SSSR count). The maximum Gasteiger partial charge on any atom is 0.416 e. The number of benzene rings is 1. The first-order valence-corrected chi connectivity index (χ1v) is 8.29. The van der Waals surface area contributed by atoms with Crippen LogP contribution in [-0.2, 0) is 23.8 Å². The Morgan fingerprint density at radius 2 is 1.92 bits per heavy atom. The molecule has 1 aromatic carbocycles. The van der Waals surface area contributed by atoms with Gasteiger partial charge in [0.25, 0.3) is 5.91 Å². The number of rotatable bonds is 1. The number of fused-ring (bicyclic) bond motifs is 2. The molecule has 0 fully saturated rings. The summed E-state index contributed by atoms with van der Waals surface area (Å²) in [7, 11) is 0. The Morgan fingerprint density at radius 1 is 1.16 bits per heavy atom. The summed E-state index contributed by atoms with van der Waals surface area (Å²) in [5, 5.41) is 2.64. The van der Waals surface area contributed by atoms with Gasteiger partial charge >= 0.3 is 6.18 Å². The lowest BCUT2D eigenvalue weighted by Gasteiger charge is -2.10. The molecule has 2 heterocycles. The van der Waals surface area contributed by atoms with Gasteiger partial charge in [0.15, 0.2) is 0 Å². The van der Waals surface area contributed by atoms with Crippen LogP contribution < -0.4 is 5.32 Å². The highest BCUT2D eigenvalue weighted by Gasteiger charge is 2.34. The van der Waals surface area contributed by atoms with Gasteiger partial charge in [0.1, 0.15) is 0 Å². The summed E-state index contributed by atoms with van der Waals surface area (Å²) in [6, 6.07) is 3.33. The second-order valence-corrected chi connectivity index (χ2v) is 6.60. The lowest BCUT2D eigenvalue weighted by molar-refractivity contribution is -0.137. The molecule has 0 radical (unpaired) electrons. The molecule has 1 aromatic heterocycles. The number of aromatic amines is 1. The summed E-state index contributed by atoms with van der Waals surface area (Å²) in [5.74, 6) is -0.374. The first kappa shape index (κ1) is 16.0. The minimum atomic E-state index is -4.44. The Morgan fingerprint density at radius 3 is 2.64 bits per heavy atom. The molecule has 1 aliphatic heterocycles. The van der Waals surface area contributed by atoms with Crippen LogP contribution in [-0.4, -0.2) is 10.9 Å². The summed E-state index contributed by atoms with van der Waals surface area (Å²) < 4.78 is 39.0. The van der Waals surface area contributed by atoms with Crippen LogP contribution in [0, 0.1) is 6.92 Å². The lowest BCUT2D eigenvalue weighted by atomic mass is 9.94. The Kier molecular flexibility index (Phi) is 3.52. The highest BCUT2D eigenvalue weighted by molar-refractivity contribution is 6.34. The van der Waals surface area contributed by atoms with Gasteiger partial charge in [0.2, 0.25) is 0 Å². The molecule has 3 nitrogen and oxygen atoms in total. The van der Waals surface area contributed by atoms with Gasteiger partial charge in [-0.15, -0.1) is 0 Å². The first-order chi connectivity index (χ1) is 11.8. The fourth-order valence-electron chi connectivity index (χ4n) is 3.67. The highest BCUT2D eigenvalue weighted by atomic mass is 19.4. The molecule has 25 heavy (non-hydrogen) atoms. The number of anilines is 1. The van der Waals surface area contributed by atoms with E-state index in [9.17, 15) is 18.0 Å². The summed E-state index contributed by atoms with van der Waals surface area (Å²) in [5.41, 5.74) is 4.57. The smallest absolute Gasteiger partial charge is 0.358 e. The first-order valence-electron chi connectivity index (χ1n) is 8.29. The zero-order valence-corrected chi connectivity index (χ0v) is 13.7. The molecule has 0 atom stereocenters. The number of carbonyl (C=O) groups is 1. The fraction of sp³-hybridized carbons (Fsp3) is 0.316. The molecule has 0 saturated carbocycles. The van der Waals surface area contributed by atoms with Gasteiger partial charge < -0.3 is 10.3 Å². The Bertz CT molecular complexity index is 906. The standard InChI is InChI=1S/C19H17F3N2O/c1-10-12-4-2-3-5-15(12)23-17(10)9-14-13-8-11(19(20,21)22)6-7-16(13)24-18(14)25/h6-9,23H,2-5H2,1H3,(H,24,25). The van der Waals surface area contributed by atoms with E-state index >= 15 is 0 Å². The average Bonchev–Trinajstić information content (AvgIpc) is 3.05. The van der Waals surface area contributed by atoms with Gasteiger partial charge in [-0.05, 0) is 68.0 Å². The number of aryl methyl sites for hydroxylation is 1. The molecule has 0 saturated heterocycles. The van der Waals surface area contributed by atoms with Crippen molar-refractivity contribution in [3.05, 3.63) is 51.8 Å². The third-order valence-corrected chi connectivity index (χ3v) is 5.03. The van der Waals surface area contributed by atoms with Crippen molar-refractivity contribution in [2.75, 3.05) is 5.32 Å². The van der Waals surface area contributed by atoms with E-state index in [1.165, 1.54) is 17.3 Å². The third kappa shape index (κ3) is 2.65. The van der Waals surface area contributed by atoms with E-state index in [0.29, 0.717) is 11.3 Å². The second kappa shape index (κ2) is 5.51. The van der Waals surface area contributed by atoms with Gasteiger partial charge in [-0.2, -0.15) is 13.2 Å². The number of halogens is 3. The Labute approximate surface area is 142 Å². The van der Waals surface area contributed by atoms with Crippen molar-refractivity contribution in [1.29, 1.82) is 0 Å². The van der Waals surface area contributed by atoms with Gasteiger partial charge in [-0.1, -0.05) is 0 Å². The molecule has 2 aromatic rings. The predicted molar refractivity (Wildman–Crippen MR) is 90.1 cm³/mol. The van der Waals surface area contributed by atoms with Gasteiger partial charge in [0.05, 0.1) is 11.1 Å². The van der Waals surface area contributed by atoms with Crippen molar-refractivity contribution in [3.8, 4) is 0 Å². The zero-order valence-electron chi connectivity index (χ0n) is 13.7. The van der Waals surface area contributed by atoms with Crippen LogP contribution in [0.5, 0.6) is 0 Å². The van der Waals surface area contributed by atoms with Crippen LogP contribution >= 0.6 is 0 Å². The second-order valence-electron chi connectivity index (χ2n) is 6.60. The summed E-state index contributed by atoms with van der Waals surface area (Å²) in [4.78, 5) is 15.6. The van der Waals surface area contributed by atoms with Crippen molar-refractivity contribution in [2.24, 2.45) is 0 Å². The molecule has 0 bridgehead atoms. The van der Waals surface area contributed by atoms with Crippen molar-refractivity contribution in [1.82, 2.24) is 4.98 Å². The molecular weight excluding hydrogens is 329 g/mol. The molecule has 1 aliphatic carbocycles. The van der Waals surface area contributed by atoms with E-state index < -0.39 is 11.7 Å².